The van der Waals surface area contributed by atoms with Gasteiger partial charge in [0, 0.05) is 18.4 Å². The third-order valence-electron chi connectivity index (χ3n) is 4.51. The van der Waals surface area contributed by atoms with Crippen LogP contribution in [0.5, 0.6) is 0 Å². The summed E-state index contributed by atoms with van der Waals surface area (Å²) in [6.45, 7) is 6.43. The van der Waals surface area contributed by atoms with Gasteiger partial charge in [-0.05, 0) is 37.1 Å². The molecule has 1 atom stereocenters. The maximum absolute atomic E-state index is 3.80. The molecule has 94 valence electrons. The average Bonchev–Trinajstić information content (AvgIpc) is 2.54. The summed E-state index contributed by atoms with van der Waals surface area (Å²) >= 11 is 3.80. The molecule has 0 amide bonds. The number of alkyl halides is 1. The predicted octanol–water partition coefficient (Wildman–Crippen LogP) is 4.06. The van der Waals surface area contributed by atoms with Crippen molar-refractivity contribution in [3.63, 3.8) is 0 Å². The molecule has 1 heterocycles. The van der Waals surface area contributed by atoms with E-state index in [1.165, 1.54) is 69.9 Å². The zero-order valence-electron chi connectivity index (χ0n) is 10.7. The summed E-state index contributed by atoms with van der Waals surface area (Å²) in [6.07, 6.45) is 10.1. The number of hydrogen-bond acceptors (Lipinski definition) is 1. The highest BCUT2D eigenvalue weighted by atomic mass is 79.9. The van der Waals surface area contributed by atoms with Crippen molar-refractivity contribution in [2.45, 2.75) is 51.9 Å². The number of rotatable bonds is 3. The lowest BCUT2D eigenvalue weighted by Crippen LogP contribution is -2.37. The van der Waals surface area contributed by atoms with Crippen LogP contribution < -0.4 is 0 Å². The minimum Gasteiger partial charge on any atom is -0.302 e. The number of nitrogens with zero attached hydrogens (tertiary/aromatic N) is 1. The van der Waals surface area contributed by atoms with E-state index < -0.39 is 0 Å². The second kappa shape index (κ2) is 5.86. The average molecular weight is 288 g/mol. The van der Waals surface area contributed by atoms with Crippen molar-refractivity contribution in [1.82, 2.24) is 4.90 Å². The van der Waals surface area contributed by atoms with E-state index in [0.717, 1.165) is 5.92 Å². The monoisotopic (exact) mass is 287 g/mol. The zero-order chi connectivity index (χ0) is 11.4. The van der Waals surface area contributed by atoms with Crippen molar-refractivity contribution in [3.05, 3.63) is 0 Å². The molecule has 0 bridgehead atoms. The number of likely N-dealkylation sites (tertiary alicyclic amines) is 1. The first-order valence-corrected chi connectivity index (χ1v) is 8.15. The molecule has 0 spiro atoms. The highest BCUT2D eigenvalue weighted by Gasteiger charge is 2.33. The van der Waals surface area contributed by atoms with Gasteiger partial charge in [-0.25, -0.2) is 0 Å². The van der Waals surface area contributed by atoms with E-state index >= 15 is 0 Å². The van der Waals surface area contributed by atoms with E-state index in [2.05, 4.69) is 27.8 Å². The summed E-state index contributed by atoms with van der Waals surface area (Å²) in [5.74, 6) is 0.929. The standard InChI is InChI=1S/C14H26BrN/c1-13-6-9-16(10-13)12-14(11-15)7-4-2-3-5-8-14/h13H,2-12H2,1H3. The molecule has 0 aromatic carbocycles. The van der Waals surface area contributed by atoms with Gasteiger partial charge in [0.05, 0.1) is 0 Å². The second-order valence-electron chi connectivity index (χ2n) is 6.18. The van der Waals surface area contributed by atoms with E-state index in [1.54, 1.807) is 0 Å². The SMILES string of the molecule is CC1CCN(CC2(CBr)CCCCCC2)C1. The van der Waals surface area contributed by atoms with Gasteiger partial charge in [-0.3, -0.25) is 0 Å². The fraction of sp³-hybridized carbons (Fsp3) is 1.00. The third-order valence-corrected chi connectivity index (χ3v) is 5.70. The lowest BCUT2D eigenvalue weighted by atomic mass is 9.82. The molecule has 1 saturated carbocycles. The Balaban J connectivity index is 1.92. The Kier molecular flexibility index (Phi) is 4.72. The lowest BCUT2D eigenvalue weighted by Gasteiger charge is -2.35. The Hall–Kier alpha value is 0.440. The fourth-order valence-electron chi connectivity index (χ4n) is 3.46. The maximum atomic E-state index is 3.80. The smallest absolute Gasteiger partial charge is 0.0100 e. The van der Waals surface area contributed by atoms with Crippen molar-refractivity contribution >= 4 is 15.9 Å². The van der Waals surface area contributed by atoms with E-state index in [-0.39, 0.29) is 0 Å². The van der Waals surface area contributed by atoms with Gasteiger partial charge in [0.1, 0.15) is 0 Å². The Labute approximate surface area is 109 Å². The van der Waals surface area contributed by atoms with Gasteiger partial charge in [-0.2, -0.15) is 0 Å². The van der Waals surface area contributed by atoms with Gasteiger partial charge >= 0.3 is 0 Å². The maximum Gasteiger partial charge on any atom is 0.0100 e. The highest BCUT2D eigenvalue weighted by Crippen LogP contribution is 2.38. The number of halogens is 1. The van der Waals surface area contributed by atoms with Crippen molar-refractivity contribution < 1.29 is 0 Å². The molecule has 2 fully saturated rings. The third kappa shape index (κ3) is 3.22. The van der Waals surface area contributed by atoms with Crippen LogP contribution in [0.25, 0.3) is 0 Å². The first kappa shape index (κ1) is 12.9. The molecule has 1 aliphatic carbocycles. The predicted molar refractivity (Wildman–Crippen MR) is 74.2 cm³/mol. The summed E-state index contributed by atoms with van der Waals surface area (Å²) in [5, 5.41) is 1.21. The molecule has 1 aliphatic heterocycles. The van der Waals surface area contributed by atoms with Gasteiger partial charge in [-0.15, -0.1) is 0 Å². The quantitative estimate of drug-likeness (QED) is 0.559. The molecular formula is C14H26BrN. The highest BCUT2D eigenvalue weighted by molar-refractivity contribution is 9.09. The molecule has 0 aromatic heterocycles. The van der Waals surface area contributed by atoms with E-state index in [0.29, 0.717) is 5.41 Å². The van der Waals surface area contributed by atoms with Crippen molar-refractivity contribution in [2.24, 2.45) is 11.3 Å². The van der Waals surface area contributed by atoms with Gasteiger partial charge in [-0.1, -0.05) is 48.5 Å². The first-order chi connectivity index (χ1) is 7.74. The number of hydrogen-bond donors (Lipinski definition) is 0. The molecule has 0 N–H and O–H groups in total. The van der Waals surface area contributed by atoms with Crippen LogP contribution in [0.2, 0.25) is 0 Å². The van der Waals surface area contributed by atoms with E-state index in [1.807, 2.05) is 0 Å². The summed E-state index contributed by atoms with van der Waals surface area (Å²) in [7, 11) is 0. The van der Waals surface area contributed by atoms with Gasteiger partial charge < -0.3 is 4.90 Å². The Morgan fingerprint density at radius 2 is 1.88 bits per heavy atom. The lowest BCUT2D eigenvalue weighted by molar-refractivity contribution is 0.172. The largest absolute Gasteiger partial charge is 0.302 e. The molecule has 1 saturated heterocycles. The van der Waals surface area contributed by atoms with Crippen LogP contribution in [0, 0.1) is 11.3 Å². The van der Waals surface area contributed by atoms with Gasteiger partial charge in [0.25, 0.3) is 0 Å². The molecule has 1 nitrogen and oxygen atoms in total. The van der Waals surface area contributed by atoms with Crippen molar-refractivity contribution in [2.75, 3.05) is 25.0 Å². The molecular weight excluding hydrogens is 262 g/mol. The van der Waals surface area contributed by atoms with Crippen LogP contribution in [0.3, 0.4) is 0 Å². The molecule has 2 heteroatoms. The first-order valence-electron chi connectivity index (χ1n) is 7.02. The summed E-state index contributed by atoms with van der Waals surface area (Å²) in [5.41, 5.74) is 0.598. The molecule has 0 radical (unpaired) electrons. The van der Waals surface area contributed by atoms with Crippen LogP contribution in [0.4, 0.5) is 0 Å². The molecule has 2 aliphatic rings. The van der Waals surface area contributed by atoms with Gasteiger partial charge in [0.2, 0.25) is 0 Å². The normalized spacial score (nSPS) is 31.5. The van der Waals surface area contributed by atoms with Crippen LogP contribution in [-0.4, -0.2) is 29.9 Å². The van der Waals surface area contributed by atoms with Crippen LogP contribution in [-0.2, 0) is 0 Å². The molecule has 16 heavy (non-hydrogen) atoms. The minimum atomic E-state index is 0.598. The van der Waals surface area contributed by atoms with Crippen molar-refractivity contribution in [1.29, 1.82) is 0 Å². The fourth-order valence-corrected chi connectivity index (χ4v) is 4.19. The summed E-state index contributed by atoms with van der Waals surface area (Å²) in [4.78, 5) is 2.72. The second-order valence-corrected chi connectivity index (χ2v) is 6.74. The zero-order valence-corrected chi connectivity index (χ0v) is 12.3. The van der Waals surface area contributed by atoms with Crippen LogP contribution in [0.15, 0.2) is 0 Å². The van der Waals surface area contributed by atoms with Crippen LogP contribution in [0.1, 0.15) is 51.9 Å². The van der Waals surface area contributed by atoms with E-state index in [4.69, 9.17) is 0 Å². The van der Waals surface area contributed by atoms with E-state index in [9.17, 15) is 0 Å². The minimum absolute atomic E-state index is 0.598. The molecule has 1 unspecified atom stereocenters. The van der Waals surface area contributed by atoms with Gasteiger partial charge in [0.15, 0.2) is 0 Å². The Morgan fingerprint density at radius 3 is 2.38 bits per heavy atom. The topological polar surface area (TPSA) is 3.24 Å². The Bertz CT molecular complexity index is 209. The van der Waals surface area contributed by atoms with Crippen molar-refractivity contribution in [3.8, 4) is 0 Å². The summed E-state index contributed by atoms with van der Waals surface area (Å²) < 4.78 is 0. The Morgan fingerprint density at radius 1 is 1.19 bits per heavy atom. The van der Waals surface area contributed by atoms with Crippen LogP contribution >= 0.6 is 15.9 Å². The molecule has 2 rings (SSSR count). The molecule has 0 aromatic rings. The summed E-state index contributed by atoms with van der Waals surface area (Å²) in [6, 6.07) is 0.